The predicted octanol–water partition coefficient (Wildman–Crippen LogP) is 1.80. The number of nitrogens with zero attached hydrogens (tertiary/aromatic N) is 2. The van der Waals surface area contributed by atoms with Crippen LogP contribution in [0.2, 0.25) is 0 Å². The number of hydrogen-bond donors (Lipinski definition) is 1. The molecule has 0 amide bonds. The molecule has 3 rings (SSSR count). The average molecular weight is 299 g/mol. The van der Waals surface area contributed by atoms with Gasteiger partial charge in [0.1, 0.15) is 0 Å². The van der Waals surface area contributed by atoms with Crippen molar-refractivity contribution in [1.82, 2.24) is 4.90 Å². The van der Waals surface area contributed by atoms with Gasteiger partial charge in [0.25, 0.3) is 0 Å². The quantitative estimate of drug-likeness (QED) is 0.856. The van der Waals surface area contributed by atoms with Crippen molar-refractivity contribution < 1.29 is 8.42 Å². The van der Waals surface area contributed by atoms with Crippen molar-refractivity contribution in [2.24, 2.45) is 5.14 Å². The first-order valence-electron chi connectivity index (χ1n) is 6.38. The number of rotatable bonds is 2. The van der Waals surface area contributed by atoms with Gasteiger partial charge in [0.2, 0.25) is 10.0 Å². The number of benzene rings is 2. The monoisotopic (exact) mass is 299 g/mol. The smallest absolute Gasteiger partial charge is 0.238 e. The van der Waals surface area contributed by atoms with Crippen molar-refractivity contribution in [3.05, 3.63) is 53.6 Å². The molecule has 21 heavy (non-hydrogen) atoms. The van der Waals surface area contributed by atoms with E-state index < -0.39 is 10.0 Å². The van der Waals surface area contributed by atoms with Crippen LogP contribution in [0.3, 0.4) is 0 Å². The maximum absolute atomic E-state index is 11.8. The van der Waals surface area contributed by atoms with E-state index in [2.05, 4.69) is 6.19 Å². The minimum Gasteiger partial charge on any atom is -0.302 e. The Kier molecular flexibility index (Phi) is 3.16. The summed E-state index contributed by atoms with van der Waals surface area (Å²) in [6.45, 7) is 1.04. The van der Waals surface area contributed by atoms with Gasteiger partial charge < -0.3 is 4.90 Å². The standard InChI is InChI=1S/C15H13N3O2S/c16-10-18-8-11-4-3-6-12(14(11)9-18)13-5-1-2-7-15(13)21(17,19)20/h1-7H,8-9H2,(H2,17,19,20). The molecule has 1 heterocycles. The lowest BCUT2D eigenvalue weighted by Crippen LogP contribution is -2.13. The molecule has 0 unspecified atom stereocenters. The summed E-state index contributed by atoms with van der Waals surface area (Å²) >= 11 is 0. The SMILES string of the molecule is N#CN1Cc2cccc(-c3ccccc3S(N)(=O)=O)c2C1. The van der Waals surface area contributed by atoms with E-state index in [1.165, 1.54) is 6.07 Å². The minimum atomic E-state index is -3.80. The first-order chi connectivity index (χ1) is 10.0. The van der Waals surface area contributed by atoms with Crippen LogP contribution in [0.25, 0.3) is 11.1 Å². The minimum absolute atomic E-state index is 0.105. The summed E-state index contributed by atoms with van der Waals surface area (Å²) in [5, 5.41) is 14.3. The van der Waals surface area contributed by atoms with Gasteiger partial charge in [0.05, 0.1) is 18.0 Å². The molecule has 0 atom stereocenters. The highest BCUT2D eigenvalue weighted by atomic mass is 32.2. The molecule has 1 aliphatic rings. The van der Waals surface area contributed by atoms with Crippen molar-refractivity contribution in [3.8, 4) is 17.3 Å². The van der Waals surface area contributed by atoms with E-state index in [-0.39, 0.29) is 4.90 Å². The number of nitrogens with two attached hydrogens (primary N) is 1. The Bertz CT molecular complexity index is 853. The van der Waals surface area contributed by atoms with Crippen LogP contribution in [0.4, 0.5) is 0 Å². The molecule has 5 nitrogen and oxygen atoms in total. The van der Waals surface area contributed by atoms with E-state index in [0.717, 1.165) is 16.7 Å². The first-order valence-corrected chi connectivity index (χ1v) is 7.93. The summed E-state index contributed by atoms with van der Waals surface area (Å²) in [7, 11) is -3.80. The van der Waals surface area contributed by atoms with Crippen molar-refractivity contribution in [2.75, 3.05) is 0 Å². The molecule has 0 spiro atoms. The Hall–Kier alpha value is -2.36. The maximum atomic E-state index is 11.8. The summed E-state index contributed by atoms with van der Waals surface area (Å²) in [5.41, 5.74) is 3.42. The van der Waals surface area contributed by atoms with Crippen LogP contribution >= 0.6 is 0 Å². The van der Waals surface area contributed by atoms with Gasteiger partial charge in [0, 0.05) is 5.56 Å². The second-order valence-corrected chi connectivity index (χ2v) is 6.47. The van der Waals surface area contributed by atoms with Crippen LogP contribution in [0.1, 0.15) is 11.1 Å². The fourth-order valence-corrected chi connectivity index (χ4v) is 3.43. The fraction of sp³-hybridized carbons (Fsp3) is 0.133. The second kappa shape index (κ2) is 4.88. The number of nitriles is 1. The zero-order chi connectivity index (χ0) is 15.0. The Morgan fingerprint density at radius 2 is 1.76 bits per heavy atom. The van der Waals surface area contributed by atoms with Gasteiger partial charge >= 0.3 is 0 Å². The summed E-state index contributed by atoms with van der Waals surface area (Å²) in [6, 6.07) is 12.4. The van der Waals surface area contributed by atoms with Gasteiger partial charge in [0.15, 0.2) is 6.19 Å². The molecule has 0 aromatic heterocycles. The van der Waals surface area contributed by atoms with Crippen molar-refractivity contribution in [2.45, 2.75) is 18.0 Å². The lowest BCUT2D eigenvalue weighted by molar-refractivity contribution is 0.417. The third kappa shape index (κ3) is 2.37. The lowest BCUT2D eigenvalue weighted by Gasteiger charge is -2.11. The molecule has 0 radical (unpaired) electrons. The predicted molar refractivity (Wildman–Crippen MR) is 78.1 cm³/mol. The number of fused-ring (bicyclic) bond motifs is 1. The van der Waals surface area contributed by atoms with Crippen molar-refractivity contribution in [3.63, 3.8) is 0 Å². The maximum Gasteiger partial charge on any atom is 0.238 e. The van der Waals surface area contributed by atoms with Crippen LogP contribution in [0.15, 0.2) is 47.4 Å². The first kappa shape index (κ1) is 13.6. The largest absolute Gasteiger partial charge is 0.302 e. The van der Waals surface area contributed by atoms with Gasteiger partial charge in [-0.2, -0.15) is 5.26 Å². The molecular weight excluding hydrogens is 286 g/mol. The van der Waals surface area contributed by atoms with Gasteiger partial charge in [-0.3, -0.25) is 0 Å². The van der Waals surface area contributed by atoms with Crippen LogP contribution < -0.4 is 5.14 Å². The summed E-state index contributed by atoms with van der Waals surface area (Å²) in [4.78, 5) is 1.74. The molecule has 1 aliphatic heterocycles. The Balaban J connectivity index is 2.22. The summed E-state index contributed by atoms with van der Waals surface area (Å²) in [6.07, 6.45) is 2.12. The topological polar surface area (TPSA) is 87.2 Å². The zero-order valence-corrected chi connectivity index (χ0v) is 12.0. The normalized spacial score (nSPS) is 13.8. The van der Waals surface area contributed by atoms with Crippen LogP contribution in [-0.4, -0.2) is 13.3 Å². The van der Waals surface area contributed by atoms with E-state index in [1.807, 2.05) is 18.2 Å². The second-order valence-electron chi connectivity index (χ2n) is 4.94. The molecule has 0 fully saturated rings. The lowest BCUT2D eigenvalue weighted by atomic mass is 9.97. The highest BCUT2D eigenvalue weighted by Gasteiger charge is 2.23. The highest BCUT2D eigenvalue weighted by Crippen LogP contribution is 2.35. The third-order valence-corrected chi connectivity index (χ3v) is 4.58. The Morgan fingerprint density at radius 1 is 1.05 bits per heavy atom. The Labute approximate surface area is 123 Å². The van der Waals surface area contributed by atoms with Gasteiger partial charge in [-0.15, -0.1) is 0 Å². The molecule has 0 bridgehead atoms. The molecule has 2 aromatic rings. The third-order valence-electron chi connectivity index (χ3n) is 3.61. The number of hydrogen-bond acceptors (Lipinski definition) is 4. The summed E-state index contributed by atoms with van der Waals surface area (Å²) in [5.74, 6) is 0. The zero-order valence-electron chi connectivity index (χ0n) is 11.2. The van der Waals surface area contributed by atoms with Crippen molar-refractivity contribution >= 4 is 10.0 Å². The average Bonchev–Trinajstić information content (AvgIpc) is 2.89. The summed E-state index contributed by atoms with van der Waals surface area (Å²) < 4.78 is 23.5. The Morgan fingerprint density at radius 3 is 2.48 bits per heavy atom. The van der Waals surface area contributed by atoms with Gasteiger partial charge in [-0.1, -0.05) is 36.4 Å². The van der Waals surface area contributed by atoms with Crippen LogP contribution in [0.5, 0.6) is 0 Å². The van der Waals surface area contributed by atoms with Crippen LogP contribution in [0, 0.1) is 11.5 Å². The van der Waals surface area contributed by atoms with E-state index >= 15 is 0 Å². The molecule has 0 aliphatic carbocycles. The molecular formula is C15H13N3O2S. The fourth-order valence-electron chi connectivity index (χ4n) is 2.68. The van der Waals surface area contributed by atoms with Crippen LogP contribution in [-0.2, 0) is 23.1 Å². The van der Waals surface area contributed by atoms with E-state index in [1.54, 1.807) is 23.1 Å². The molecule has 0 saturated carbocycles. The van der Waals surface area contributed by atoms with E-state index in [4.69, 9.17) is 10.4 Å². The number of primary sulfonamides is 1. The molecule has 6 heteroatoms. The van der Waals surface area contributed by atoms with E-state index in [9.17, 15) is 8.42 Å². The molecule has 2 aromatic carbocycles. The molecule has 2 N–H and O–H groups in total. The molecule has 0 saturated heterocycles. The van der Waals surface area contributed by atoms with Crippen molar-refractivity contribution in [1.29, 1.82) is 5.26 Å². The number of sulfonamides is 1. The van der Waals surface area contributed by atoms with E-state index in [0.29, 0.717) is 18.7 Å². The molecule has 106 valence electrons. The van der Waals surface area contributed by atoms with Gasteiger partial charge in [-0.25, -0.2) is 13.6 Å². The van der Waals surface area contributed by atoms with Gasteiger partial charge in [-0.05, 0) is 22.8 Å². The highest BCUT2D eigenvalue weighted by molar-refractivity contribution is 7.89.